The Balaban J connectivity index is 1.80. The Kier molecular flexibility index (Phi) is 3.72. The van der Waals surface area contributed by atoms with E-state index in [0.29, 0.717) is 25.6 Å². The second kappa shape index (κ2) is 5.09. The molecule has 0 radical (unpaired) electrons. The maximum absolute atomic E-state index is 11.0. The van der Waals surface area contributed by atoms with Crippen LogP contribution in [0.25, 0.3) is 0 Å². The number of hydrogen-bond donors (Lipinski definition) is 1. The summed E-state index contributed by atoms with van der Waals surface area (Å²) in [6.07, 6.45) is 4.22. The number of aryl methyl sites for hydroxylation is 1. The van der Waals surface area contributed by atoms with Crippen molar-refractivity contribution in [3.63, 3.8) is 0 Å². The molecular weight excluding hydrogens is 242 g/mol. The molecule has 1 aromatic rings. The van der Waals surface area contributed by atoms with E-state index in [-0.39, 0.29) is 5.75 Å². The summed E-state index contributed by atoms with van der Waals surface area (Å²) in [5.41, 5.74) is 0. The summed E-state index contributed by atoms with van der Waals surface area (Å²) < 4.78 is 23.7. The van der Waals surface area contributed by atoms with Crippen LogP contribution >= 0.6 is 0 Å². The van der Waals surface area contributed by atoms with Crippen molar-refractivity contribution in [3.8, 4) is 0 Å². The van der Waals surface area contributed by atoms with Gasteiger partial charge in [-0.25, -0.2) is 13.1 Å². The van der Waals surface area contributed by atoms with Crippen LogP contribution in [0.4, 0.5) is 0 Å². The molecule has 0 aromatic carbocycles. The first-order valence-corrected chi connectivity index (χ1v) is 7.77. The van der Waals surface area contributed by atoms with Gasteiger partial charge in [-0.05, 0) is 29.7 Å². The quantitative estimate of drug-likeness (QED) is 0.700. The summed E-state index contributed by atoms with van der Waals surface area (Å²) in [7, 11) is -2.90. The number of rotatable bonds is 7. The largest absolute Gasteiger partial charge is 0.307 e. The highest BCUT2D eigenvalue weighted by Gasteiger charge is 2.21. The molecule has 0 bridgehead atoms. The van der Waals surface area contributed by atoms with E-state index in [0.717, 1.165) is 5.82 Å². The van der Waals surface area contributed by atoms with Gasteiger partial charge in [0.25, 0.3) is 0 Å². The first-order chi connectivity index (χ1) is 8.04. The average Bonchev–Trinajstić information content (AvgIpc) is 2.95. The number of tetrazole rings is 1. The van der Waals surface area contributed by atoms with E-state index in [1.165, 1.54) is 19.1 Å². The zero-order valence-electron chi connectivity index (χ0n) is 9.83. The predicted octanol–water partition coefficient (Wildman–Crippen LogP) is -0.640. The molecule has 0 aliphatic heterocycles. The SMILES string of the molecule is CS(=O)(=O)CCCn1nnnc1CNC1CC1. The van der Waals surface area contributed by atoms with Crippen LogP contribution in [0, 0.1) is 0 Å². The molecule has 0 atom stereocenters. The molecule has 1 heterocycles. The van der Waals surface area contributed by atoms with Gasteiger partial charge in [-0.3, -0.25) is 0 Å². The lowest BCUT2D eigenvalue weighted by molar-refractivity contribution is 0.529. The van der Waals surface area contributed by atoms with Crippen LogP contribution in [-0.4, -0.2) is 46.7 Å². The lowest BCUT2D eigenvalue weighted by Crippen LogP contribution is -2.20. The highest BCUT2D eigenvalue weighted by molar-refractivity contribution is 7.90. The van der Waals surface area contributed by atoms with Gasteiger partial charge < -0.3 is 5.32 Å². The van der Waals surface area contributed by atoms with Crippen molar-refractivity contribution in [3.05, 3.63) is 5.82 Å². The minimum atomic E-state index is -2.90. The van der Waals surface area contributed by atoms with E-state index < -0.39 is 9.84 Å². The number of nitrogens with zero attached hydrogens (tertiary/aromatic N) is 4. The molecule has 0 amide bonds. The second-order valence-electron chi connectivity index (χ2n) is 4.46. The van der Waals surface area contributed by atoms with Crippen molar-refractivity contribution in [1.82, 2.24) is 25.5 Å². The van der Waals surface area contributed by atoms with E-state index >= 15 is 0 Å². The van der Waals surface area contributed by atoms with Crippen LogP contribution in [0.3, 0.4) is 0 Å². The molecule has 1 aliphatic rings. The van der Waals surface area contributed by atoms with E-state index in [1.54, 1.807) is 4.68 Å². The zero-order chi connectivity index (χ0) is 12.3. The molecule has 1 N–H and O–H groups in total. The molecule has 1 aromatic heterocycles. The van der Waals surface area contributed by atoms with Gasteiger partial charge in [0.05, 0.1) is 12.3 Å². The maximum Gasteiger partial charge on any atom is 0.165 e. The zero-order valence-corrected chi connectivity index (χ0v) is 10.7. The van der Waals surface area contributed by atoms with Gasteiger partial charge in [-0.15, -0.1) is 5.10 Å². The Morgan fingerprint density at radius 1 is 1.47 bits per heavy atom. The Morgan fingerprint density at radius 2 is 2.24 bits per heavy atom. The monoisotopic (exact) mass is 259 g/mol. The summed E-state index contributed by atoms with van der Waals surface area (Å²) in [4.78, 5) is 0. The topological polar surface area (TPSA) is 89.8 Å². The first kappa shape index (κ1) is 12.4. The molecule has 17 heavy (non-hydrogen) atoms. The van der Waals surface area contributed by atoms with Crippen LogP contribution < -0.4 is 5.32 Å². The molecule has 1 saturated carbocycles. The van der Waals surface area contributed by atoms with Gasteiger partial charge in [0.2, 0.25) is 0 Å². The standard InChI is InChI=1S/C9H17N5O2S/c1-17(15,16)6-2-5-14-9(11-12-13-14)7-10-8-3-4-8/h8,10H,2-7H2,1H3. The third-order valence-corrected chi connectivity index (χ3v) is 3.65. The lowest BCUT2D eigenvalue weighted by atomic mass is 10.4. The normalized spacial score (nSPS) is 16.3. The fourth-order valence-corrected chi connectivity index (χ4v) is 2.18. The van der Waals surface area contributed by atoms with Gasteiger partial charge in [0, 0.05) is 18.8 Å². The summed E-state index contributed by atoms with van der Waals surface area (Å²) in [6.45, 7) is 1.19. The van der Waals surface area contributed by atoms with Crippen LogP contribution in [0.5, 0.6) is 0 Å². The number of aromatic nitrogens is 4. The molecule has 8 heteroatoms. The minimum absolute atomic E-state index is 0.169. The van der Waals surface area contributed by atoms with Crippen molar-refractivity contribution in [2.75, 3.05) is 12.0 Å². The maximum atomic E-state index is 11.0. The number of nitrogens with one attached hydrogen (secondary N) is 1. The molecule has 1 fully saturated rings. The summed E-state index contributed by atoms with van der Waals surface area (Å²) in [6, 6.07) is 0.608. The molecule has 1 aliphatic carbocycles. The minimum Gasteiger partial charge on any atom is -0.307 e. The first-order valence-electron chi connectivity index (χ1n) is 5.71. The van der Waals surface area contributed by atoms with E-state index in [2.05, 4.69) is 20.8 Å². The Bertz CT molecular complexity index is 465. The average molecular weight is 259 g/mol. The van der Waals surface area contributed by atoms with E-state index in [4.69, 9.17) is 0 Å². The van der Waals surface area contributed by atoms with Gasteiger partial charge in [0.1, 0.15) is 9.84 Å². The van der Waals surface area contributed by atoms with E-state index in [1.807, 2.05) is 0 Å². The Hall–Kier alpha value is -1.02. The molecule has 0 spiro atoms. The van der Waals surface area contributed by atoms with Crippen molar-refractivity contribution in [1.29, 1.82) is 0 Å². The summed E-state index contributed by atoms with van der Waals surface area (Å²) in [5, 5.41) is 14.7. The summed E-state index contributed by atoms with van der Waals surface area (Å²) >= 11 is 0. The fourth-order valence-electron chi connectivity index (χ4n) is 1.52. The molecule has 7 nitrogen and oxygen atoms in total. The van der Waals surface area contributed by atoms with E-state index in [9.17, 15) is 8.42 Å². The van der Waals surface area contributed by atoms with Crippen LogP contribution in [-0.2, 0) is 22.9 Å². The van der Waals surface area contributed by atoms with Crippen molar-refractivity contribution in [2.24, 2.45) is 0 Å². The fraction of sp³-hybridized carbons (Fsp3) is 0.889. The molecule has 0 unspecified atom stereocenters. The van der Waals surface area contributed by atoms with Gasteiger partial charge in [0.15, 0.2) is 5.82 Å². The van der Waals surface area contributed by atoms with Crippen LogP contribution in [0.2, 0.25) is 0 Å². The predicted molar refractivity (Wildman–Crippen MR) is 62.0 cm³/mol. The Morgan fingerprint density at radius 3 is 2.88 bits per heavy atom. The Labute approximate surface area is 101 Å². The molecule has 2 rings (SSSR count). The highest BCUT2D eigenvalue weighted by atomic mass is 32.2. The van der Waals surface area contributed by atoms with Gasteiger partial charge in [-0.1, -0.05) is 0 Å². The third kappa shape index (κ3) is 4.39. The molecule has 0 saturated heterocycles. The number of sulfone groups is 1. The molecule has 96 valence electrons. The van der Waals surface area contributed by atoms with Gasteiger partial charge in [-0.2, -0.15) is 0 Å². The highest BCUT2D eigenvalue weighted by Crippen LogP contribution is 2.18. The van der Waals surface area contributed by atoms with Crippen LogP contribution in [0.15, 0.2) is 0 Å². The van der Waals surface area contributed by atoms with Crippen LogP contribution in [0.1, 0.15) is 25.1 Å². The van der Waals surface area contributed by atoms with Crippen molar-refractivity contribution >= 4 is 9.84 Å². The lowest BCUT2D eigenvalue weighted by Gasteiger charge is -2.04. The second-order valence-corrected chi connectivity index (χ2v) is 6.72. The molecular formula is C9H17N5O2S. The van der Waals surface area contributed by atoms with Gasteiger partial charge >= 0.3 is 0 Å². The van der Waals surface area contributed by atoms with Crippen molar-refractivity contribution in [2.45, 2.75) is 38.4 Å². The number of hydrogen-bond acceptors (Lipinski definition) is 6. The smallest absolute Gasteiger partial charge is 0.165 e. The summed E-state index contributed by atoms with van der Waals surface area (Å²) in [5.74, 6) is 0.938. The van der Waals surface area contributed by atoms with Crippen molar-refractivity contribution < 1.29 is 8.42 Å². The third-order valence-electron chi connectivity index (χ3n) is 2.62.